The molecule has 1 amide bonds. The molecule has 8 heteroatoms. The molecule has 0 radical (unpaired) electrons. The Morgan fingerprint density at radius 2 is 2.10 bits per heavy atom. The Labute approximate surface area is 114 Å². The highest BCUT2D eigenvalue weighted by atomic mass is 19.4. The first-order valence-corrected chi connectivity index (χ1v) is 6.07. The highest BCUT2D eigenvalue weighted by Gasteiger charge is 2.28. The molecule has 5 nitrogen and oxygen atoms in total. The fraction of sp³-hybridized carbons (Fsp3) is 0.500. The molecule has 2 N–H and O–H groups in total. The van der Waals surface area contributed by atoms with Gasteiger partial charge in [0.25, 0.3) is 5.91 Å². The molecular weight excluding hydrogens is 275 g/mol. The average Bonchev–Trinajstić information content (AvgIpc) is 2.41. The Morgan fingerprint density at radius 3 is 2.65 bits per heavy atom. The van der Waals surface area contributed by atoms with E-state index in [1.165, 1.54) is 18.3 Å². The smallest absolute Gasteiger partial charge is 0.422 e. The van der Waals surface area contributed by atoms with Gasteiger partial charge in [0.05, 0.1) is 5.56 Å². The summed E-state index contributed by atoms with van der Waals surface area (Å²) in [5.74, 6) is -0.510. The van der Waals surface area contributed by atoms with Gasteiger partial charge in [0.2, 0.25) is 5.88 Å². The van der Waals surface area contributed by atoms with E-state index in [4.69, 9.17) is 0 Å². The largest absolute Gasteiger partial charge is 0.468 e. The van der Waals surface area contributed by atoms with Gasteiger partial charge in [0, 0.05) is 25.4 Å². The predicted octanol–water partition coefficient (Wildman–Crippen LogP) is 1.36. The second-order valence-corrected chi connectivity index (χ2v) is 3.90. The number of aromatic nitrogens is 1. The van der Waals surface area contributed by atoms with E-state index in [0.717, 1.165) is 6.54 Å². The lowest BCUT2D eigenvalue weighted by molar-refractivity contribution is -0.154. The molecule has 0 aliphatic carbocycles. The Morgan fingerprint density at radius 1 is 1.35 bits per heavy atom. The van der Waals surface area contributed by atoms with E-state index in [9.17, 15) is 18.0 Å². The van der Waals surface area contributed by atoms with Crippen molar-refractivity contribution in [3.05, 3.63) is 23.9 Å². The number of hydrogen-bond donors (Lipinski definition) is 2. The number of amides is 1. The maximum Gasteiger partial charge on any atom is 0.422 e. The molecule has 20 heavy (non-hydrogen) atoms. The minimum Gasteiger partial charge on any atom is -0.468 e. The van der Waals surface area contributed by atoms with Crippen LogP contribution in [0.3, 0.4) is 0 Å². The van der Waals surface area contributed by atoms with Crippen molar-refractivity contribution in [2.24, 2.45) is 0 Å². The topological polar surface area (TPSA) is 63.2 Å². The van der Waals surface area contributed by atoms with E-state index in [2.05, 4.69) is 20.4 Å². The first kappa shape index (κ1) is 16.2. The SMILES string of the molecule is CCNCCNC(=O)c1ccc(OCC(F)(F)F)nc1. The molecule has 0 bridgehead atoms. The van der Waals surface area contributed by atoms with Gasteiger partial charge in [-0.1, -0.05) is 6.92 Å². The quantitative estimate of drug-likeness (QED) is 0.745. The molecule has 0 atom stereocenters. The van der Waals surface area contributed by atoms with Gasteiger partial charge in [-0.15, -0.1) is 0 Å². The fourth-order valence-corrected chi connectivity index (χ4v) is 1.30. The van der Waals surface area contributed by atoms with Crippen molar-refractivity contribution in [2.75, 3.05) is 26.2 Å². The lowest BCUT2D eigenvalue weighted by atomic mass is 10.2. The van der Waals surface area contributed by atoms with Crippen molar-refractivity contribution < 1.29 is 22.7 Å². The summed E-state index contributed by atoms with van der Waals surface area (Å²) in [5.41, 5.74) is 0.265. The number of rotatable bonds is 7. The van der Waals surface area contributed by atoms with Crippen LogP contribution in [-0.2, 0) is 0 Å². The molecule has 0 saturated heterocycles. The molecular formula is C12H16F3N3O2. The summed E-state index contributed by atoms with van der Waals surface area (Å²) in [5, 5.41) is 5.69. The molecule has 1 aromatic rings. The third-order valence-corrected chi connectivity index (χ3v) is 2.22. The number of nitrogens with one attached hydrogen (secondary N) is 2. The second-order valence-electron chi connectivity index (χ2n) is 3.90. The third kappa shape index (κ3) is 6.37. The van der Waals surface area contributed by atoms with Gasteiger partial charge in [-0.25, -0.2) is 4.98 Å². The normalized spacial score (nSPS) is 11.2. The monoisotopic (exact) mass is 291 g/mol. The molecule has 0 spiro atoms. The van der Waals surface area contributed by atoms with Crippen molar-refractivity contribution in [3.63, 3.8) is 0 Å². The zero-order valence-electron chi connectivity index (χ0n) is 11.0. The van der Waals surface area contributed by atoms with Crippen LogP contribution >= 0.6 is 0 Å². The van der Waals surface area contributed by atoms with Crippen molar-refractivity contribution in [3.8, 4) is 5.88 Å². The lowest BCUT2D eigenvalue weighted by Gasteiger charge is -2.09. The average molecular weight is 291 g/mol. The highest BCUT2D eigenvalue weighted by Crippen LogP contribution is 2.16. The van der Waals surface area contributed by atoms with Crippen LogP contribution in [0.2, 0.25) is 0 Å². The molecule has 1 rings (SSSR count). The number of halogens is 3. The van der Waals surface area contributed by atoms with Crippen molar-refractivity contribution in [1.29, 1.82) is 0 Å². The number of ether oxygens (including phenoxy) is 1. The summed E-state index contributed by atoms with van der Waals surface area (Å²) < 4.78 is 40.2. The highest BCUT2D eigenvalue weighted by molar-refractivity contribution is 5.93. The fourth-order valence-electron chi connectivity index (χ4n) is 1.30. The maximum atomic E-state index is 11.9. The molecule has 0 aliphatic heterocycles. The summed E-state index contributed by atoms with van der Waals surface area (Å²) in [6.45, 7) is 2.45. The van der Waals surface area contributed by atoms with E-state index >= 15 is 0 Å². The van der Waals surface area contributed by atoms with Crippen LogP contribution in [0.1, 0.15) is 17.3 Å². The summed E-state index contributed by atoms with van der Waals surface area (Å²) in [7, 11) is 0. The van der Waals surface area contributed by atoms with Crippen LogP contribution in [0.25, 0.3) is 0 Å². The van der Waals surface area contributed by atoms with Gasteiger partial charge < -0.3 is 15.4 Å². The van der Waals surface area contributed by atoms with E-state index in [-0.39, 0.29) is 17.4 Å². The summed E-state index contributed by atoms with van der Waals surface area (Å²) in [6.07, 6.45) is -3.24. The maximum absolute atomic E-state index is 11.9. The van der Waals surface area contributed by atoms with Gasteiger partial charge in [0.1, 0.15) is 0 Å². The first-order chi connectivity index (χ1) is 9.42. The van der Waals surface area contributed by atoms with E-state index in [1.54, 1.807) is 0 Å². The van der Waals surface area contributed by atoms with Crippen LogP contribution in [0.15, 0.2) is 18.3 Å². The minimum atomic E-state index is -4.41. The van der Waals surface area contributed by atoms with Crippen molar-refractivity contribution >= 4 is 5.91 Å². The Kier molecular flexibility index (Phi) is 6.23. The molecule has 0 unspecified atom stereocenters. The zero-order valence-corrected chi connectivity index (χ0v) is 11.0. The first-order valence-electron chi connectivity index (χ1n) is 6.07. The van der Waals surface area contributed by atoms with Crippen LogP contribution in [0.5, 0.6) is 5.88 Å². The van der Waals surface area contributed by atoms with Gasteiger partial charge >= 0.3 is 6.18 Å². The molecule has 0 aromatic carbocycles. The molecule has 0 fully saturated rings. The van der Waals surface area contributed by atoms with E-state index < -0.39 is 12.8 Å². The Bertz CT molecular complexity index is 421. The number of nitrogens with zero attached hydrogens (tertiary/aromatic N) is 1. The number of pyridine rings is 1. The second kappa shape index (κ2) is 7.68. The van der Waals surface area contributed by atoms with E-state index in [1.807, 2.05) is 6.92 Å². The van der Waals surface area contributed by atoms with Crippen LogP contribution in [0, 0.1) is 0 Å². The summed E-state index contributed by atoms with van der Waals surface area (Å²) in [4.78, 5) is 15.3. The third-order valence-electron chi connectivity index (χ3n) is 2.22. The number of hydrogen-bond acceptors (Lipinski definition) is 4. The predicted molar refractivity (Wildman–Crippen MR) is 66.7 cm³/mol. The zero-order chi connectivity index (χ0) is 15.0. The van der Waals surface area contributed by atoms with Gasteiger partial charge in [-0.05, 0) is 12.6 Å². The summed E-state index contributed by atoms with van der Waals surface area (Å²) >= 11 is 0. The van der Waals surface area contributed by atoms with Crippen molar-refractivity contribution in [1.82, 2.24) is 15.6 Å². The molecule has 1 heterocycles. The lowest BCUT2D eigenvalue weighted by Crippen LogP contribution is -2.31. The van der Waals surface area contributed by atoms with Crippen molar-refractivity contribution in [2.45, 2.75) is 13.1 Å². The number of likely N-dealkylation sites (N-methyl/N-ethyl adjacent to an activating group) is 1. The molecule has 0 aliphatic rings. The standard InChI is InChI=1S/C12H16F3N3O2/c1-2-16-5-6-17-11(19)9-3-4-10(18-7-9)20-8-12(13,14)15/h3-4,7,16H,2,5-6,8H2,1H3,(H,17,19). The Hall–Kier alpha value is -1.83. The number of carbonyl (C=O) groups is 1. The molecule has 0 saturated carbocycles. The van der Waals surface area contributed by atoms with Gasteiger partial charge in [-0.2, -0.15) is 13.2 Å². The van der Waals surface area contributed by atoms with Gasteiger partial charge in [0.15, 0.2) is 6.61 Å². The Balaban J connectivity index is 2.43. The van der Waals surface area contributed by atoms with Gasteiger partial charge in [-0.3, -0.25) is 4.79 Å². The van der Waals surface area contributed by atoms with Crippen LogP contribution in [0.4, 0.5) is 13.2 Å². The van der Waals surface area contributed by atoms with E-state index in [0.29, 0.717) is 13.1 Å². The molecule has 112 valence electrons. The number of alkyl halides is 3. The van der Waals surface area contributed by atoms with Crippen LogP contribution < -0.4 is 15.4 Å². The molecule has 1 aromatic heterocycles. The van der Waals surface area contributed by atoms with Crippen LogP contribution in [-0.4, -0.2) is 43.3 Å². The summed E-state index contributed by atoms with van der Waals surface area (Å²) in [6, 6.07) is 2.59. The number of carbonyl (C=O) groups excluding carboxylic acids is 1. The minimum absolute atomic E-state index is 0.175.